The second kappa shape index (κ2) is 9.55. The van der Waals surface area contributed by atoms with E-state index in [0.717, 1.165) is 49.7 Å². The summed E-state index contributed by atoms with van der Waals surface area (Å²) in [6.45, 7) is 3.58. The molecule has 146 valence electrons. The van der Waals surface area contributed by atoms with Crippen LogP contribution in [0.4, 0.5) is 11.8 Å². The third kappa shape index (κ3) is 5.57. The molecule has 0 aliphatic heterocycles. The summed E-state index contributed by atoms with van der Waals surface area (Å²) < 4.78 is 5.72. The Labute approximate surface area is 162 Å². The van der Waals surface area contributed by atoms with Gasteiger partial charge in [-0.3, -0.25) is 0 Å². The van der Waals surface area contributed by atoms with E-state index in [0.29, 0.717) is 18.7 Å². The summed E-state index contributed by atoms with van der Waals surface area (Å²) in [5, 5.41) is 7.20. The lowest BCUT2D eigenvalue weighted by Crippen LogP contribution is -2.37. The minimum atomic E-state index is 0.441. The fourth-order valence-corrected chi connectivity index (χ4v) is 3.49. The van der Waals surface area contributed by atoms with Crippen LogP contribution in [0.15, 0.2) is 36.5 Å². The summed E-state index contributed by atoms with van der Waals surface area (Å²) in [6.07, 6.45) is 6.37. The molecule has 1 heterocycles. The van der Waals surface area contributed by atoms with E-state index < -0.39 is 0 Å². The Morgan fingerprint density at radius 1 is 1.07 bits per heavy atom. The highest BCUT2D eigenvalue weighted by Gasteiger charge is 2.21. The van der Waals surface area contributed by atoms with Gasteiger partial charge in [-0.15, -0.1) is 0 Å². The molecular formula is C21H31N5O. The van der Waals surface area contributed by atoms with Crippen LogP contribution < -0.4 is 20.3 Å². The molecule has 27 heavy (non-hydrogen) atoms. The molecular weight excluding hydrogens is 338 g/mol. The quantitative estimate of drug-likeness (QED) is 0.743. The first-order valence-electron chi connectivity index (χ1n) is 9.86. The number of ether oxygens (including phenoxy) is 1. The zero-order chi connectivity index (χ0) is 19.1. The van der Waals surface area contributed by atoms with Crippen LogP contribution in [0.1, 0.15) is 38.2 Å². The van der Waals surface area contributed by atoms with Crippen LogP contribution in [0.25, 0.3) is 0 Å². The van der Waals surface area contributed by atoms with Gasteiger partial charge in [-0.1, -0.05) is 18.2 Å². The molecule has 6 heteroatoms. The molecule has 1 aliphatic carbocycles. The van der Waals surface area contributed by atoms with Gasteiger partial charge in [-0.05, 0) is 44.7 Å². The molecule has 2 aromatic rings. The van der Waals surface area contributed by atoms with Crippen molar-refractivity contribution < 1.29 is 4.74 Å². The molecule has 0 bridgehead atoms. The van der Waals surface area contributed by atoms with Crippen molar-refractivity contribution in [2.24, 2.45) is 0 Å². The average Bonchev–Trinajstić information content (AvgIpc) is 2.69. The molecule has 2 N–H and O–H groups in total. The molecule has 0 atom stereocenters. The molecule has 1 aliphatic rings. The standard InChI is InChI=1S/C21H31N5O/c1-4-27-19-8-6-5-7-16(19)15-23-17-9-11-18(12-10-17)24-21-22-14-13-20(25-21)26(2)3/h5-8,13-14,17-18,23H,4,9-12,15H2,1-3H3,(H,22,24,25)/t17-,18+. The van der Waals surface area contributed by atoms with Crippen molar-refractivity contribution in [3.8, 4) is 5.75 Å². The van der Waals surface area contributed by atoms with Crippen LogP contribution in [-0.4, -0.2) is 42.8 Å². The first-order valence-corrected chi connectivity index (χ1v) is 9.86. The van der Waals surface area contributed by atoms with Crippen LogP contribution in [0.3, 0.4) is 0 Å². The molecule has 0 spiro atoms. The first kappa shape index (κ1) is 19.4. The fraction of sp³-hybridized carbons (Fsp3) is 0.524. The molecule has 1 aromatic carbocycles. The zero-order valence-electron chi connectivity index (χ0n) is 16.6. The number of hydrogen-bond acceptors (Lipinski definition) is 6. The number of aromatic nitrogens is 2. The first-order chi connectivity index (χ1) is 13.2. The van der Waals surface area contributed by atoms with Crippen LogP contribution in [-0.2, 0) is 6.54 Å². The maximum absolute atomic E-state index is 5.72. The summed E-state index contributed by atoms with van der Waals surface area (Å²) in [7, 11) is 3.99. The molecule has 0 amide bonds. The van der Waals surface area contributed by atoms with Crippen LogP contribution in [0, 0.1) is 0 Å². The Hall–Kier alpha value is -2.34. The van der Waals surface area contributed by atoms with E-state index >= 15 is 0 Å². The highest BCUT2D eigenvalue weighted by atomic mass is 16.5. The monoisotopic (exact) mass is 369 g/mol. The van der Waals surface area contributed by atoms with Gasteiger partial charge in [-0.2, -0.15) is 4.98 Å². The third-order valence-corrected chi connectivity index (χ3v) is 5.01. The second-order valence-electron chi connectivity index (χ2n) is 7.25. The number of anilines is 2. The molecule has 6 nitrogen and oxygen atoms in total. The zero-order valence-corrected chi connectivity index (χ0v) is 16.6. The highest BCUT2D eigenvalue weighted by Crippen LogP contribution is 2.23. The summed E-state index contributed by atoms with van der Waals surface area (Å²) in [6, 6.07) is 11.2. The number of hydrogen-bond donors (Lipinski definition) is 2. The number of rotatable bonds is 8. The van der Waals surface area contributed by atoms with Crippen LogP contribution in [0.5, 0.6) is 5.75 Å². The van der Waals surface area contributed by atoms with E-state index in [1.54, 1.807) is 0 Å². The van der Waals surface area contributed by atoms with Crippen molar-refractivity contribution in [1.82, 2.24) is 15.3 Å². The lowest BCUT2D eigenvalue weighted by molar-refractivity contribution is 0.327. The van der Waals surface area contributed by atoms with Crippen molar-refractivity contribution in [3.05, 3.63) is 42.1 Å². The lowest BCUT2D eigenvalue weighted by atomic mass is 9.91. The maximum atomic E-state index is 5.72. The van der Waals surface area contributed by atoms with Crippen molar-refractivity contribution in [2.45, 2.75) is 51.2 Å². The van der Waals surface area contributed by atoms with Gasteiger partial charge < -0.3 is 20.3 Å². The molecule has 1 fully saturated rings. The van der Waals surface area contributed by atoms with Crippen molar-refractivity contribution in [3.63, 3.8) is 0 Å². The predicted octanol–water partition coefficient (Wildman–Crippen LogP) is 3.45. The summed E-state index contributed by atoms with van der Waals surface area (Å²) in [5.74, 6) is 2.64. The van der Waals surface area contributed by atoms with Crippen molar-refractivity contribution >= 4 is 11.8 Å². The largest absolute Gasteiger partial charge is 0.494 e. The van der Waals surface area contributed by atoms with Gasteiger partial charge in [0.15, 0.2) is 0 Å². The van der Waals surface area contributed by atoms with Gasteiger partial charge in [0.25, 0.3) is 0 Å². The molecule has 3 rings (SSSR count). The average molecular weight is 370 g/mol. The van der Waals surface area contributed by atoms with E-state index in [-0.39, 0.29) is 0 Å². The normalized spacial score (nSPS) is 19.5. The topological polar surface area (TPSA) is 62.3 Å². The predicted molar refractivity (Wildman–Crippen MR) is 110 cm³/mol. The van der Waals surface area contributed by atoms with Gasteiger partial charge in [0.1, 0.15) is 11.6 Å². The Balaban J connectivity index is 1.46. The summed E-state index contributed by atoms with van der Waals surface area (Å²) in [4.78, 5) is 10.9. The van der Waals surface area contributed by atoms with Gasteiger partial charge in [-0.25, -0.2) is 4.98 Å². The minimum absolute atomic E-state index is 0.441. The maximum Gasteiger partial charge on any atom is 0.224 e. The molecule has 0 radical (unpaired) electrons. The number of benzene rings is 1. The smallest absolute Gasteiger partial charge is 0.224 e. The second-order valence-corrected chi connectivity index (χ2v) is 7.25. The minimum Gasteiger partial charge on any atom is -0.494 e. The van der Waals surface area contributed by atoms with Gasteiger partial charge in [0.2, 0.25) is 5.95 Å². The third-order valence-electron chi connectivity index (χ3n) is 5.01. The Morgan fingerprint density at radius 3 is 2.56 bits per heavy atom. The van der Waals surface area contributed by atoms with E-state index in [1.807, 2.05) is 50.3 Å². The summed E-state index contributed by atoms with van der Waals surface area (Å²) >= 11 is 0. The van der Waals surface area contributed by atoms with Crippen molar-refractivity contribution in [2.75, 3.05) is 30.9 Å². The number of nitrogens with one attached hydrogen (secondary N) is 2. The van der Waals surface area contributed by atoms with Crippen LogP contribution >= 0.6 is 0 Å². The van der Waals surface area contributed by atoms with Gasteiger partial charge in [0.05, 0.1) is 6.61 Å². The van der Waals surface area contributed by atoms with E-state index in [4.69, 9.17) is 4.74 Å². The van der Waals surface area contributed by atoms with Crippen molar-refractivity contribution in [1.29, 1.82) is 0 Å². The van der Waals surface area contributed by atoms with E-state index in [9.17, 15) is 0 Å². The summed E-state index contributed by atoms with van der Waals surface area (Å²) in [5.41, 5.74) is 1.23. The van der Waals surface area contributed by atoms with E-state index in [1.165, 1.54) is 5.56 Å². The van der Waals surface area contributed by atoms with Gasteiger partial charge >= 0.3 is 0 Å². The van der Waals surface area contributed by atoms with Crippen LogP contribution in [0.2, 0.25) is 0 Å². The Kier molecular flexibility index (Phi) is 6.87. The molecule has 1 aromatic heterocycles. The van der Waals surface area contributed by atoms with Gasteiger partial charge in [0, 0.05) is 44.5 Å². The SMILES string of the molecule is CCOc1ccccc1CN[C@H]1CC[C@@H](Nc2nccc(N(C)C)n2)CC1. The molecule has 0 unspecified atom stereocenters. The highest BCUT2D eigenvalue weighted by molar-refractivity contribution is 5.41. The molecule has 0 saturated heterocycles. The number of para-hydroxylation sites is 1. The lowest BCUT2D eigenvalue weighted by Gasteiger charge is -2.30. The Morgan fingerprint density at radius 2 is 1.81 bits per heavy atom. The van der Waals surface area contributed by atoms with E-state index in [2.05, 4.69) is 32.7 Å². The fourth-order valence-electron chi connectivity index (χ4n) is 3.49. The number of nitrogens with zero attached hydrogens (tertiary/aromatic N) is 3. The Bertz CT molecular complexity index is 713. The molecule has 1 saturated carbocycles.